The maximum Gasteiger partial charge on any atom is 0.260 e. The van der Waals surface area contributed by atoms with Crippen molar-refractivity contribution in [1.82, 2.24) is 4.90 Å². The Morgan fingerprint density at radius 1 is 1.07 bits per heavy atom. The minimum atomic E-state index is -0.330. The highest BCUT2D eigenvalue weighted by Crippen LogP contribution is 2.30. The Hall–Kier alpha value is -2.76. The molecule has 0 unspecified atom stereocenters. The van der Waals surface area contributed by atoms with E-state index in [1.54, 1.807) is 4.90 Å². The molecule has 1 saturated heterocycles. The Morgan fingerprint density at radius 2 is 1.85 bits per heavy atom. The molecule has 5 nitrogen and oxygen atoms in total. The molecule has 2 aliphatic rings. The molecule has 142 valence electrons. The second-order valence-corrected chi connectivity index (χ2v) is 6.89. The molecule has 6 heteroatoms. The second-order valence-electron chi connectivity index (χ2n) is 6.89. The van der Waals surface area contributed by atoms with Gasteiger partial charge in [0.15, 0.2) is 6.61 Å². The lowest BCUT2D eigenvalue weighted by atomic mass is 10.1. The van der Waals surface area contributed by atoms with Gasteiger partial charge in [0.05, 0.1) is 6.54 Å². The molecule has 27 heavy (non-hydrogen) atoms. The predicted octanol–water partition coefficient (Wildman–Crippen LogP) is 3.23. The lowest BCUT2D eigenvalue weighted by Gasteiger charge is -2.22. The minimum Gasteiger partial charge on any atom is -0.491 e. The molecule has 0 radical (unpaired) electrons. The first kappa shape index (κ1) is 17.6. The summed E-state index contributed by atoms with van der Waals surface area (Å²) in [6.45, 7) is 3.55. The molecule has 0 atom stereocenters. The number of anilines is 1. The fourth-order valence-electron chi connectivity index (χ4n) is 3.53. The third-order valence-electron chi connectivity index (χ3n) is 5.02. The number of carbonyl (C=O) groups is 1. The van der Waals surface area contributed by atoms with Crippen molar-refractivity contribution in [2.75, 3.05) is 37.7 Å². The average Bonchev–Trinajstić information content (AvgIpc) is 3.14. The van der Waals surface area contributed by atoms with Crippen LogP contribution in [0.1, 0.15) is 18.4 Å². The topological polar surface area (TPSA) is 42.0 Å². The number of hydrogen-bond acceptors (Lipinski definition) is 4. The zero-order valence-corrected chi connectivity index (χ0v) is 15.2. The lowest BCUT2D eigenvalue weighted by Crippen LogP contribution is -2.36. The van der Waals surface area contributed by atoms with Crippen LogP contribution in [0.4, 0.5) is 10.1 Å². The zero-order chi connectivity index (χ0) is 18.6. The number of carbonyl (C=O) groups excluding carboxylic acids is 1. The van der Waals surface area contributed by atoms with Crippen molar-refractivity contribution in [1.29, 1.82) is 0 Å². The van der Waals surface area contributed by atoms with Gasteiger partial charge in [0.1, 0.15) is 23.9 Å². The first-order valence-corrected chi connectivity index (χ1v) is 9.36. The van der Waals surface area contributed by atoms with Crippen LogP contribution < -0.4 is 14.4 Å². The Kier molecular flexibility index (Phi) is 5.14. The molecule has 0 aliphatic carbocycles. The van der Waals surface area contributed by atoms with Crippen LogP contribution in [-0.4, -0.2) is 43.7 Å². The van der Waals surface area contributed by atoms with Crippen LogP contribution in [0.25, 0.3) is 0 Å². The van der Waals surface area contributed by atoms with E-state index in [0.29, 0.717) is 25.4 Å². The second kappa shape index (κ2) is 7.86. The summed E-state index contributed by atoms with van der Waals surface area (Å²) in [5, 5.41) is 0. The SMILES string of the molecule is O=C(COc1ccc(F)cc1)N1CCOc2ccc(N3CCCC3)cc2C1. The first-order valence-electron chi connectivity index (χ1n) is 9.36. The van der Waals surface area contributed by atoms with Crippen LogP contribution in [0.3, 0.4) is 0 Å². The molecule has 2 aliphatic heterocycles. The van der Waals surface area contributed by atoms with Gasteiger partial charge in [-0.05, 0) is 55.3 Å². The molecular formula is C21H23FN2O3. The summed E-state index contributed by atoms with van der Waals surface area (Å²) < 4.78 is 24.3. The van der Waals surface area contributed by atoms with Crippen molar-refractivity contribution in [3.05, 3.63) is 53.8 Å². The number of benzene rings is 2. The third-order valence-corrected chi connectivity index (χ3v) is 5.02. The quantitative estimate of drug-likeness (QED) is 0.829. The van der Waals surface area contributed by atoms with Gasteiger partial charge in [0.2, 0.25) is 0 Å². The summed E-state index contributed by atoms with van der Waals surface area (Å²) >= 11 is 0. The van der Waals surface area contributed by atoms with Crippen molar-refractivity contribution in [2.45, 2.75) is 19.4 Å². The summed E-state index contributed by atoms with van der Waals surface area (Å²) in [5.41, 5.74) is 2.21. The summed E-state index contributed by atoms with van der Waals surface area (Å²) in [6, 6.07) is 11.9. The Labute approximate surface area is 158 Å². The molecule has 0 aromatic heterocycles. The fourth-order valence-corrected chi connectivity index (χ4v) is 3.53. The highest BCUT2D eigenvalue weighted by Gasteiger charge is 2.22. The summed E-state index contributed by atoms with van der Waals surface area (Å²) in [7, 11) is 0. The number of rotatable bonds is 4. The van der Waals surface area contributed by atoms with Crippen molar-refractivity contribution >= 4 is 11.6 Å². The largest absolute Gasteiger partial charge is 0.491 e. The van der Waals surface area contributed by atoms with Crippen molar-refractivity contribution in [3.63, 3.8) is 0 Å². The van der Waals surface area contributed by atoms with E-state index in [2.05, 4.69) is 17.0 Å². The average molecular weight is 370 g/mol. The van der Waals surface area contributed by atoms with E-state index in [-0.39, 0.29) is 18.3 Å². The van der Waals surface area contributed by atoms with E-state index < -0.39 is 0 Å². The van der Waals surface area contributed by atoms with Crippen molar-refractivity contribution < 1.29 is 18.7 Å². The minimum absolute atomic E-state index is 0.0766. The highest BCUT2D eigenvalue weighted by molar-refractivity contribution is 5.78. The number of amides is 1. The van der Waals surface area contributed by atoms with Gasteiger partial charge in [-0.15, -0.1) is 0 Å². The van der Waals surface area contributed by atoms with Crippen LogP contribution in [0.5, 0.6) is 11.5 Å². The number of nitrogens with zero attached hydrogens (tertiary/aromatic N) is 2. The number of ether oxygens (including phenoxy) is 2. The van der Waals surface area contributed by atoms with Crippen LogP contribution in [0.15, 0.2) is 42.5 Å². The molecular weight excluding hydrogens is 347 g/mol. The standard InChI is InChI=1S/C21H23FN2O3/c22-17-3-6-19(7-4-17)27-15-21(25)24-11-12-26-20-8-5-18(13-16(20)14-24)23-9-1-2-10-23/h3-8,13H,1-2,9-12,14-15H2. The van der Waals surface area contributed by atoms with Gasteiger partial charge in [-0.3, -0.25) is 4.79 Å². The van der Waals surface area contributed by atoms with Crippen LogP contribution in [0.2, 0.25) is 0 Å². The van der Waals surface area contributed by atoms with Gasteiger partial charge in [-0.25, -0.2) is 4.39 Å². The van der Waals surface area contributed by atoms with Gasteiger partial charge < -0.3 is 19.3 Å². The van der Waals surface area contributed by atoms with E-state index in [4.69, 9.17) is 9.47 Å². The van der Waals surface area contributed by atoms with Gasteiger partial charge >= 0.3 is 0 Å². The van der Waals surface area contributed by atoms with Gasteiger partial charge in [-0.2, -0.15) is 0 Å². The Balaban J connectivity index is 1.42. The normalized spacial score (nSPS) is 16.5. The molecule has 2 aromatic carbocycles. The Bertz CT molecular complexity index is 804. The molecule has 0 bridgehead atoms. The molecule has 4 rings (SSSR count). The van der Waals surface area contributed by atoms with E-state index >= 15 is 0 Å². The summed E-state index contributed by atoms with van der Waals surface area (Å²) in [5.74, 6) is 0.881. The van der Waals surface area contributed by atoms with Crippen molar-refractivity contribution in [3.8, 4) is 11.5 Å². The monoisotopic (exact) mass is 370 g/mol. The fraction of sp³-hybridized carbons (Fsp3) is 0.381. The van der Waals surface area contributed by atoms with Gasteiger partial charge in [-0.1, -0.05) is 0 Å². The van der Waals surface area contributed by atoms with Crippen molar-refractivity contribution in [2.24, 2.45) is 0 Å². The van der Waals surface area contributed by atoms with Gasteiger partial charge in [0.25, 0.3) is 5.91 Å². The molecule has 2 aromatic rings. The van der Waals surface area contributed by atoms with Gasteiger partial charge in [0, 0.05) is 30.9 Å². The molecule has 2 heterocycles. The summed E-state index contributed by atoms with van der Waals surface area (Å²) in [6.07, 6.45) is 2.44. The van der Waals surface area contributed by atoms with E-state index in [1.807, 2.05) is 6.07 Å². The molecule has 1 amide bonds. The highest BCUT2D eigenvalue weighted by atomic mass is 19.1. The molecule has 0 N–H and O–H groups in total. The smallest absolute Gasteiger partial charge is 0.260 e. The van der Waals surface area contributed by atoms with Crippen LogP contribution in [-0.2, 0) is 11.3 Å². The van der Waals surface area contributed by atoms with E-state index in [0.717, 1.165) is 24.4 Å². The number of hydrogen-bond donors (Lipinski definition) is 0. The first-order chi connectivity index (χ1) is 13.2. The maximum atomic E-state index is 13.0. The van der Waals surface area contributed by atoms with E-state index in [9.17, 15) is 9.18 Å². The molecule has 0 saturated carbocycles. The van der Waals surface area contributed by atoms with E-state index in [1.165, 1.54) is 42.8 Å². The number of fused-ring (bicyclic) bond motifs is 1. The number of halogens is 1. The summed E-state index contributed by atoms with van der Waals surface area (Å²) in [4.78, 5) is 16.7. The van der Waals surface area contributed by atoms with Crippen LogP contribution >= 0.6 is 0 Å². The molecule has 0 spiro atoms. The van der Waals surface area contributed by atoms with Crippen LogP contribution in [0, 0.1) is 5.82 Å². The predicted molar refractivity (Wildman–Crippen MR) is 101 cm³/mol. The maximum absolute atomic E-state index is 13.0. The third kappa shape index (κ3) is 4.15. The lowest BCUT2D eigenvalue weighted by molar-refractivity contribution is -0.134. The zero-order valence-electron chi connectivity index (χ0n) is 15.2. The Morgan fingerprint density at radius 3 is 2.63 bits per heavy atom. The molecule has 1 fully saturated rings.